The first-order valence-corrected chi connectivity index (χ1v) is 7.41. The lowest BCUT2D eigenvalue weighted by molar-refractivity contribution is 0.0984. The summed E-state index contributed by atoms with van der Waals surface area (Å²) in [5, 5.41) is 19.4. The molecule has 108 valence electrons. The number of rotatable bonds is 1. The molecule has 0 spiro atoms. The smallest absolute Gasteiger partial charge is 0.262 e. The van der Waals surface area contributed by atoms with Crippen molar-refractivity contribution in [2.75, 3.05) is 22.9 Å². The molecule has 0 fully saturated rings. The quantitative estimate of drug-likeness (QED) is 0.556. The number of hydrogen-bond donors (Lipinski definition) is 3. The number of anilines is 2. The number of hydrogen-bond acceptors (Lipinski definition) is 5. The Morgan fingerprint density at radius 3 is 2.81 bits per heavy atom. The number of carbonyl (C=O) groups is 1. The monoisotopic (exact) mass is 302 g/mol. The largest absolute Gasteiger partial charge is 0.508 e. The van der Waals surface area contributed by atoms with Crippen molar-refractivity contribution in [3.63, 3.8) is 0 Å². The molecule has 0 aromatic heterocycles. The minimum Gasteiger partial charge on any atom is -0.508 e. The highest BCUT2D eigenvalue weighted by Gasteiger charge is 2.26. The van der Waals surface area contributed by atoms with Crippen LogP contribution in [0.15, 0.2) is 41.3 Å². The van der Waals surface area contributed by atoms with E-state index >= 15 is 0 Å². The molecule has 0 unspecified atom stereocenters. The molecule has 0 saturated heterocycles. The fourth-order valence-corrected chi connectivity index (χ4v) is 3.26. The summed E-state index contributed by atoms with van der Waals surface area (Å²) < 4.78 is 0. The van der Waals surface area contributed by atoms with Crippen molar-refractivity contribution in [2.45, 2.75) is 4.90 Å². The van der Waals surface area contributed by atoms with Crippen LogP contribution in [0.2, 0.25) is 0 Å². The highest BCUT2D eigenvalue weighted by atomic mass is 32.2. The summed E-state index contributed by atoms with van der Waals surface area (Å²) >= 11 is 1.66. The molecular weight excluding hydrogens is 288 g/mol. The summed E-state index contributed by atoms with van der Waals surface area (Å²) in [5.41, 5.74) is 7.19. The Morgan fingerprint density at radius 2 is 2.00 bits per heavy atom. The van der Waals surface area contributed by atoms with Crippen molar-refractivity contribution in [3.05, 3.63) is 42.0 Å². The van der Waals surface area contributed by atoms with Crippen LogP contribution in [0.4, 0.5) is 11.4 Å². The zero-order valence-electron chi connectivity index (χ0n) is 11.1. The Labute approximate surface area is 126 Å². The van der Waals surface area contributed by atoms with Crippen LogP contribution in [0.3, 0.4) is 0 Å². The molecule has 2 aromatic rings. The van der Waals surface area contributed by atoms with Gasteiger partial charge in [-0.25, -0.2) is 0 Å². The Hall–Kier alpha value is -2.34. The van der Waals surface area contributed by atoms with E-state index in [1.165, 1.54) is 18.2 Å². The molecule has 21 heavy (non-hydrogen) atoms. The van der Waals surface area contributed by atoms with Crippen molar-refractivity contribution in [2.24, 2.45) is 0 Å². The topological polar surface area (TPSA) is 86.8 Å². The normalized spacial score (nSPS) is 13.8. The van der Waals surface area contributed by atoms with Crippen molar-refractivity contribution in [3.8, 4) is 11.5 Å². The zero-order valence-corrected chi connectivity index (χ0v) is 11.9. The average molecular weight is 302 g/mol. The van der Waals surface area contributed by atoms with Crippen molar-refractivity contribution < 1.29 is 15.0 Å². The van der Waals surface area contributed by atoms with Crippen LogP contribution in [-0.4, -0.2) is 28.4 Å². The second-order valence-corrected chi connectivity index (χ2v) is 5.87. The SMILES string of the molecule is Nc1ccc2c(c1)N(C(=O)c1cc(O)ccc1O)CCS2. The standard InChI is InChI=1S/C15H14N2O3S/c16-9-1-4-14-12(7-9)17(5-6-21-14)15(20)11-8-10(18)2-3-13(11)19/h1-4,7-8,18-19H,5-6,16H2. The molecule has 5 nitrogen and oxygen atoms in total. The van der Waals surface area contributed by atoms with E-state index in [9.17, 15) is 15.0 Å². The van der Waals surface area contributed by atoms with E-state index in [-0.39, 0.29) is 23.0 Å². The van der Waals surface area contributed by atoms with E-state index in [1.54, 1.807) is 28.8 Å². The lowest BCUT2D eigenvalue weighted by Crippen LogP contribution is -2.35. The molecule has 2 aromatic carbocycles. The molecule has 0 atom stereocenters. The van der Waals surface area contributed by atoms with Crippen LogP contribution in [0.1, 0.15) is 10.4 Å². The van der Waals surface area contributed by atoms with Gasteiger partial charge in [-0.2, -0.15) is 0 Å². The van der Waals surface area contributed by atoms with Gasteiger partial charge in [0.05, 0.1) is 11.3 Å². The summed E-state index contributed by atoms with van der Waals surface area (Å²) in [4.78, 5) is 15.2. The van der Waals surface area contributed by atoms with E-state index in [0.717, 1.165) is 16.3 Å². The summed E-state index contributed by atoms with van der Waals surface area (Å²) in [7, 11) is 0. The molecule has 0 aliphatic carbocycles. The number of benzene rings is 2. The molecule has 3 rings (SSSR count). The fourth-order valence-electron chi connectivity index (χ4n) is 2.29. The third-order valence-corrected chi connectivity index (χ3v) is 4.34. The number of nitrogens with two attached hydrogens (primary N) is 1. The fraction of sp³-hybridized carbons (Fsp3) is 0.133. The van der Waals surface area contributed by atoms with Gasteiger partial charge in [-0.1, -0.05) is 0 Å². The molecule has 6 heteroatoms. The molecule has 0 bridgehead atoms. The molecule has 0 saturated carbocycles. The number of phenols is 2. The maximum atomic E-state index is 12.7. The first kappa shape index (κ1) is 13.6. The molecule has 4 N–H and O–H groups in total. The Balaban J connectivity index is 2.04. The maximum absolute atomic E-state index is 12.7. The molecule has 0 radical (unpaired) electrons. The summed E-state index contributed by atoms with van der Waals surface area (Å²) in [6.45, 7) is 0.523. The van der Waals surface area contributed by atoms with Crippen LogP contribution in [-0.2, 0) is 0 Å². The molecule has 1 amide bonds. The second kappa shape index (κ2) is 5.21. The number of amides is 1. The van der Waals surface area contributed by atoms with Gasteiger partial charge < -0.3 is 20.8 Å². The summed E-state index contributed by atoms with van der Waals surface area (Å²) in [6, 6.07) is 9.35. The van der Waals surface area contributed by atoms with Gasteiger partial charge in [0, 0.05) is 22.9 Å². The number of thioether (sulfide) groups is 1. The second-order valence-electron chi connectivity index (χ2n) is 4.73. The number of aromatic hydroxyl groups is 2. The number of carbonyl (C=O) groups excluding carboxylic acids is 1. The lowest BCUT2D eigenvalue weighted by Gasteiger charge is -2.29. The predicted molar refractivity (Wildman–Crippen MR) is 83.0 cm³/mol. The Morgan fingerprint density at radius 1 is 1.19 bits per heavy atom. The highest BCUT2D eigenvalue weighted by Crippen LogP contribution is 2.37. The van der Waals surface area contributed by atoms with E-state index in [1.807, 2.05) is 6.07 Å². The first-order valence-electron chi connectivity index (χ1n) is 6.42. The van der Waals surface area contributed by atoms with E-state index in [2.05, 4.69) is 0 Å². The Bertz CT molecular complexity index is 718. The highest BCUT2D eigenvalue weighted by molar-refractivity contribution is 7.99. The minimum atomic E-state index is -0.351. The summed E-state index contributed by atoms with van der Waals surface area (Å²) in [5.74, 6) is 0.203. The minimum absolute atomic E-state index is 0.0599. The van der Waals surface area contributed by atoms with Gasteiger partial charge in [-0.15, -0.1) is 11.8 Å². The van der Waals surface area contributed by atoms with Gasteiger partial charge in [0.1, 0.15) is 11.5 Å². The molecule has 1 aliphatic rings. The molecule has 1 aliphatic heterocycles. The third kappa shape index (κ3) is 2.50. The van der Waals surface area contributed by atoms with Gasteiger partial charge in [0.2, 0.25) is 0 Å². The average Bonchev–Trinajstić information content (AvgIpc) is 2.48. The lowest BCUT2D eigenvalue weighted by atomic mass is 10.1. The third-order valence-electron chi connectivity index (χ3n) is 3.30. The van der Waals surface area contributed by atoms with Gasteiger partial charge in [-0.3, -0.25) is 4.79 Å². The molecular formula is C15H14N2O3S. The van der Waals surface area contributed by atoms with Crippen LogP contribution in [0.25, 0.3) is 0 Å². The molecule has 1 heterocycles. The van der Waals surface area contributed by atoms with Gasteiger partial charge >= 0.3 is 0 Å². The van der Waals surface area contributed by atoms with Crippen LogP contribution in [0, 0.1) is 0 Å². The van der Waals surface area contributed by atoms with E-state index < -0.39 is 0 Å². The number of phenolic OH excluding ortho intramolecular Hbond substituents is 2. The van der Waals surface area contributed by atoms with E-state index in [4.69, 9.17) is 5.73 Å². The van der Waals surface area contributed by atoms with Gasteiger partial charge in [-0.05, 0) is 36.4 Å². The number of nitrogen functional groups attached to an aromatic ring is 1. The van der Waals surface area contributed by atoms with Crippen LogP contribution in [0.5, 0.6) is 11.5 Å². The van der Waals surface area contributed by atoms with E-state index in [0.29, 0.717) is 12.2 Å². The first-order chi connectivity index (χ1) is 10.1. The van der Waals surface area contributed by atoms with Crippen molar-refractivity contribution in [1.29, 1.82) is 0 Å². The number of fused-ring (bicyclic) bond motifs is 1. The van der Waals surface area contributed by atoms with Crippen molar-refractivity contribution >= 4 is 29.0 Å². The van der Waals surface area contributed by atoms with Gasteiger partial charge in [0.15, 0.2) is 0 Å². The summed E-state index contributed by atoms with van der Waals surface area (Å²) in [6.07, 6.45) is 0. The zero-order chi connectivity index (χ0) is 15.0. The maximum Gasteiger partial charge on any atom is 0.262 e. The number of nitrogens with zero attached hydrogens (tertiary/aromatic N) is 1. The van der Waals surface area contributed by atoms with Crippen LogP contribution < -0.4 is 10.6 Å². The van der Waals surface area contributed by atoms with Crippen LogP contribution >= 0.6 is 11.8 Å². The van der Waals surface area contributed by atoms with Gasteiger partial charge in [0.25, 0.3) is 5.91 Å². The predicted octanol–water partition coefficient (Wildman–Crippen LogP) is 2.43. The Kier molecular flexibility index (Phi) is 3.39. The van der Waals surface area contributed by atoms with Crippen molar-refractivity contribution in [1.82, 2.24) is 0 Å².